The van der Waals surface area contributed by atoms with Crippen molar-refractivity contribution in [2.24, 2.45) is 0 Å². The molecule has 0 fully saturated rings. The molecule has 2 rings (SSSR count). The van der Waals surface area contributed by atoms with Crippen molar-refractivity contribution in [2.75, 3.05) is 0 Å². The Morgan fingerprint density at radius 3 is 2.67 bits per heavy atom. The lowest BCUT2D eigenvalue weighted by Gasteiger charge is -2.09. The molecule has 2 aromatic rings. The number of carbonyl (C=O) groups is 1. The highest BCUT2D eigenvalue weighted by Crippen LogP contribution is 2.28. The fourth-order valence-electron chi connectivity index (χ4n) is 2.47. The number of para-hydroxylation sites is 1. The van der Waals surface area contributed by atoms with Crippen LogP contribution in [0.1, 0.15) is 41.4 Å². The lowest BCUT2D eigenvalue weighted by atomic mass is 10.1. The van der Waals surface area contributed by atoms with Gasteiger partial charge in [0.25, 0.3) is 0 Å². The predicted molar refractivity (Wildman–Crippen MR) is 73.3 cm³/mol. The molecule has 0 saturated carbocycles. The molecule has 0 aliphatic carbocycles. The molecule has 0 radical (unpaired) electrons. The van der Waals surface area contributed by atoms with E-state index < -0.39 is 5.97 Å². The van der Waals surface area contributed by atoms with E-state index in [-0.39, 0.29) is 0 Å². The van der Waals surface area contributed by atoms with Gasteiger partial charge in [0.15, 0.2) is 0 Å². The number of aromatic nitrogens is 1. The average molecular weight is 245 g/mol. The SMILES string of the molecule is CCCCn1c(C)c(C)c2cccc(C(=O)O)c21. The van der Waals surface area contributed by atoms with Crippen LogP contribution in [0.3, 0.4) is 0 Å². The second-order valence-corrected chi connectivity index (χ2v) is 4.72. The number of carboxylic acid groups (broad SMARTS) is 1. The van der Waals surface area contributed by atoms with Crippen LogP contribution in [0.2, 0.25) is 0 Å². The Morgan fingerprint density at radius 1 is 1.33 bits per heavy atom. The summed E-state index contributed by atoms with van der Waals surface area (Å²) >= 11 is 0. The van der Waals surface area contributed by atoms with Crippen molar-refractivity contribution in [3.63, 3.8) is 0 Å². The zero-order valence-corrected chi connectivity index (χ0v) is 11.2. The lowest BCUT2D eigenvalue weighted by Crippen LogP contribution is -2.05. The number of aryl methyl sites for hydroxylation is 2. The summed E-state index contributed by atoms with van der Waals surface area (Å²) in [5.74, 6) is -0.851. The van der Waals surface area contributed by atoms with Gasteiger partial charge in [-0.1, -0.05) is 25.5 Å². The van der Waals surface area contributed by atoms with Crippen LogP contribution in [0, 0.1) is 13.8 Å². The molecule has 0 aliphatic heterocycles. The van der Waals surface area contributed by atoms with Gasteiger partial charge >= 0.3 is 5.97 Å². The van der Waals surface area contributed by atoms with E-state index in [1.807, 2.05) is 12.1 Å². The third-order valence-corrected chi connectivity index (χ3v) is 3.62. The van der Waals surface area contributed by atoms with Gasteiger partial charge in [-0.15, -0.1) is 0 Å². The Hall–Kier alpha value is -1.77. The molecule has 1 aromatic carbocycles. The van der Waals surface area contributed by atoms with E-state index in [0.717, 1.165) is 30.3 Å². The smallest absolute Gasteiger partial charge is 0.337 e. The van der Waals surface area contributed by atoms with E-state index in [9.17, 15) is 9.90 Å². The molecule has 1 aromatic heterocycles. The van der Waals surface area contributed by atoms with Crippen LogP contribution < -0.4 is 0 Å². The molecule has 0 atom stereocenters. The van der Waals surface area contributed by atoms with Crippen LogP contribution in [0.4, 0.5) is 0 Å². The van der Waals surface area contributed by atoms with Crippen molar-refractivity contribution in [3.05, 3.63) is 35.0 Å². The van der Waals surface area contributed by atoms with Gasteiger partial charge in [0.1, 0.15) is 0 Å². The van der Waals surface area contributed by atoms with Crippen molar-refractivity contribution in [1.82, 2.24) is 4.57 Å². The highest BCUT2D eigenvalue weighted by molar-refractivity contribution is 6.03. The monoisotopic (exact) mass is 245 g/mol. The maximum Gasteiger partial charge on any atom is 0.337 e. The average Bonchev–Trinajstić information content (AvgIpc) is 2.60. The highest BCUT2D eigenvalue weighted by Gasteiger charge is 2.16. The van der Waals surface area contributed by atoms with Crippen LogP contribution >= 0.6 is 0 Å². The predicted octanol–water partition coefficient (Wildman–Crippen LogP) is 3.76. The van der Waals surface area contributed by atoms with E-state index in [2.05, 4.69) is 25.3 Å². The molecule has 0 bridgehead atoms. The third-order valence-electron chi connectivity index (χ3n) is 3.62. The number of nitrogens with zero attached hydrogens (tertiary/aromatic N) is 1. The molecule has 0 aliphatic rings. The van der Waals surface area contributed by atoms with Gasteiger partial charge in [-0.3, -0.25) is 0 Å². The van der Waals surface area contributed by atoms with Crippen LogP contribution in [-0.4, -0.2) is 15.6 Å². The topological polar surface area (TPSA) is 42.2 Å². The number of fused-ring (bicyclic) bond motifs is 1. The first-order valence-electron chi connectivity index (χ1n) is 6.39. The minimum Gasteiger partial charge on any atom is -0.478 e. The first-order valence-corrected chi connectivity index (χ1v) is 6.39. The molecule has 0 saturated heterocycles. The van der Waals surface area contributed by atoms with Crippen molar-refractivity contribution < 1.29 is 9.90 Å². The van der Waals surface area contributed by atoms with E-state index in [4.69, 9.17) is 0 Å². The van der Waals surface area contributed by atoms with Gasteiger partial charge in [0.2, 0.25) is 0 Å². The van der Waals surface area contributed by atoms with Gasteiger partial charge in [-0.05, 0) is 31.9 Å². The summed E-state index contributed by atoms with van der Waals surface area (Å²) in [7, 11) is 0. The Kier molecular flexibility index (Phi) is 3.41. The molecule has 0 amide bonds. The molecule has 3 heteroatoms. The molecule has 3 nitrogen and oxygen atoms in total. The lowest BCUT2D eigenvalue weighted by molar-refractivity contribution is 0.0698. The van der Waals surface area contributed by atoms with E-state index in [0.29, 0.717) is 5.56 Å². The summed E-state index contributed by atoms with van der Waals surface area (Å²) in [6.45, 7) is 7.16. The zero-order valence-electron chi connectivity index (χ0n) is 11.2. The number of carboxylic acids is 1. The fraction of sp³-hybridized carbons (Fsp3) is 0.400. The van der Waals surface area contributed by atoms with E-state index >= 15 is 0 Å². The highest BCUT2D eigenvalue weighted by atomic mass is 16.4. The molecule has 18 heavy (non-hydrogen) atoms. The number of hydrogen-bond donors (Lipinski definition) is 1. The minimum absolute atomic E-state index is 0.403. The quantitative estimate of drug-likeness (QED) is 0.891. The van der Waals surface area contributed by atoms with Crippen molar-refractivity contribution in [1.29, 1.82) is 0 Å². The van der Waals surface area contributed by atoms with Crippen LogP contribution in [0.15, 0.2) is 18.2 Å². The number of hydrogen-bond acceptors (Lipinski definition) is 1. The van der Waals surface area contributed by atoms with Crippen LogP contribution in [0.25, 0.3) is 10.9 Å². The first kappa shape index (κ1) is 12.7. The van der Waals surface area contributed by atoms with Gasteiger partial charge < -0.3 is 9.67 Å². The molecule has 0 spiro atoms. The number of unbranched alkanes of at least 4 members (excludes halogenated alkanes) is 1. The summed E-state index contributed by atoms with van der Waals surface area (Å²) < 4.78 is 2.15. The van der Waals surface area contributed by atoms with Gasteiger partial charge in [0.05, 0.1) is 11.1 Å². The van der Waals surface area contributed by atoms with Gasteiger partial charge in [-0.25, -0.2) is 4.79 Å². The molecular weight excluding hydrogens is 226 g/mol. The minimum atomic E-state index is -0.851. The van der Waals surface area contributed by atoms with Crippen LogP contribution in [-0.2, 0) is 6.54 Å². The summed E-state index contributed by atoms with van der Waals surface area (Å²) in [4.78, 5) is 11.3. The maximum atomic E-state index is 11.3. The fourth-order valence-corrected chi connectivity index (χ4v) is 2.47. The Balaban J connectivity index is 2.74. The second kappa shape index (κ2) is 4.84. The molecule has 1 heterocycles. The number of benzene rings is 1. The van der Waals surface area contributed by atoms with Gasteiger partial charge in [-0.2, -0.15) is 0 Å². The number of rotatable bonds is 4. The first-order chi connectivity index (χ1) is 8.57. The third kappa shape index (κ3) is 1.90. The van der Waals surface area contributed by atoms with Crippen molar-refractivity contribution in [2.45, 2.75) is 40.2 Å². The molecular formula is C15H19NO2. The van der Waals surface area contributed by atoms with Crippen molar-refractivity contribution >= 4 is 16.9 Å². The second-order valence-electron chi connectivity index (χ2n) is 4.72. The van der Waals surface area contributed by atoms with E-state index in [1.54, 1.807) is 6.07 Å². The standard InChI is InChI=1S/C15H19NO2/c1-4-5-9-16-11(3)10(2)12-7-6-8-13(14(12)16)15(17)18/h6-8H,4-5,9H2,1-3H3,(H,17,18). The Labute approximate surface area is 107 Å². The molecule has 0 unspecified atom stereocenters. The van der Waals surface area contributed by atoms with Crippen LogP contribution in [0.5, 0.6) is 0 Å². The zero-order chi connectivity index (χ0) is 13.3. The number of aromatic carboxylic acids is 1. The molecule has 96 valence electrons. The summed E-state index contributed by atoms with van der Waals surface area (Å²) in [6.07, 6.45) is 2.17. The Bertz CT molecular complexity index is 596. The normalized spacial score (nSPS) is 11.1. The van der Waals surface area contributed by atoms with Gasteiger partial charge in [0, 0.05) is 17.6 Å². The summed E-state index contributed by atoms with van der Waals surface area (Å²) in [5, 5.41) is 10.4. The van der Waals surface area contributed by atoms with E-state index in [1.165, 1.54) is 11.3 Å². The Morgan fingerprint density at radius 2 is 2.06 bits per heavy atom. The summed E-state index contributed by atoms with van der Waals surface area (Å²) in [5.41, 5.74) is 3.63. The summed E-state index contributed by atoms with van der Waals surface area (Å²) in [6, 6.07) is 5.51. The largest absolute Gasteiger partial charge is 0.478 e. The molecule has 1 N–H and O–H groups in total. The maximum absolute atomic E-state index is 11.3. The van der Waals surface area contributed by atoms with Crippen molar-refractivity contribution in [3.8, 4) is 0 Å².